The van der Waals surface area contributed by atoms with Crippen LogP contribution in [0.15, 0.2) is 18.2 Å². The van der Waals surface area contributed by atoms with Crippen molar-refractivity contribution in [2.45, 2.75) is 12.8 Å². The number of nitrogens with zero attached hydrogens (tertiary/aromatic N) is 2. The second-order valence-corrected chi connectivity index (χ2v) is 6.43. The SMILES string of the molecule is ClCCCc1nnc(-c2ccc(I)c(Cl)c2)s1. The van der Waals surface area contributed by atoms with E-state index in [1.54, 1.807) is 11.3 Å². The van der Waals surface area contributed by atoms with E-state index in [1.807, 2.05) is 18.2 Å². The zero-order chi connectivity index (χ0) is 12.3. The molecule has 1 aromatic carbocycles. The average molecular weight is 399 g/mol. The van der Waals surface area contributed by atoms with Gasteiger partial charge in [-0.25, -0.2) is 0 Å². The molecule has 0 radical (unpaired) electrons. The topological polar surface area (TPSA) is 25.8 Å². The van der Waals surface area contributed by atoms with Gasteiger partial charge >= 0.3 is 0 Å². The fourth-order valence-electron chi connectivity index (χ4n) is 1.32. The second-order valence-electron chi connectivity index (χ2n) is 3.42. The van der Waals surface area contributed by atoms with E-state index in [0.717, 1.165) is 37.0 Å². The van der Waals surface area contributed by atoms with E-state index in [-0.39, 0.29) is 0 Å². The van der Waals surface area contributed by atoms with Crippen LogP contribution in [0.25, 0.3) is 10.6 Å². The van der Waals surface area contributed by atoms with E-state index in [2.05, 4.69) is 32.8 Å². The minimum absolute atomic E-state index is 0.657. The predicted octanol–water partition coefficient (Wildman–Crippen LogP) is 4.63. The molecule has 0 spiro atoms. The first kappa shape index (κ1) is 13.5. The van der Waals surface area contributed by atoms with Crippen LogP contribution in [0.2, 0.25) is 5.02 Å². The predicted molar refractivity (Wildman–Crippen MR) is 82.1 cm³/mol. The fourth-order valence-corrected chi connectivity index (χ4v) is 2.85. The molecule has 0 aliphatic carbocycles. The van der Waals surface area contributed by atoms with E-state index in [4.69, 9.17) is 23.2 Å². The number of aromatic nitrogens is 2. The summed E-state index contributed by atoms with van der Waals surface area (Å²) in [5.41, 5.74) is 1.02. The molecule has 0 N–H and O–H groups in total. The molecule has 17 heavy (non-hydrogen) atoms. The molecular weight excluding hydrogens is 390 g/mol. The first-order chi connectivity index (χ1) is 8.20. The van der Waals surface area contributed by atoms with Gasteiger partial charge in [-0.15, -0.1) is 21.8 Å². The lowest BCUT2D eigenvalue weighted by atomic mass is 10.2. The van der Waals surface area contributed by atoms with Gasteiger partial charge in [0.25, 0.3) is 0 Å². The summed E-state index contributed by atoms with van der Waals surface area (Å²) in [7, 11) is 0. The Bertz CT molecular complexity index is 516. The summed E-state index contributed by atoms with van der Waals surface area (Å²) in [4.78, 5) is 0. The van der Waals surface area contributed by atoms with E-state index in [9.17, 15) is 0 Å². The standard InChI is InChI=1S/C11H9Cl2IN2S/c12-5-1-2-10-15-16-11(17-10)7-3-4-9(14)8(13)6-7/h3-4,6H,1-2,5H2. The molecule has 1 heterocycles. The van der Waals surface area contributed by atoms with Crippen LogP contribution in [0.4, 0.5) is 0 Å². The van der Waals surface area contributed by atoms with Gasteiger partial charge in [0.1, 0.15) is 10.0 Å². The van der Waals surface area contributed by atoms with Crippen LogP contribution >= 0.6 is 57.1 Å². The van der Waals surface area contributed by atoms with Crippen LogP contribution in [-0.4, -0.2) is 16.1 Å². The minimum atomic E-state index is 0.657. The van der Waals surface area contributed by atoms with Gasteiger partial charge in [-0.2, -0.15) is 0 Å². The van der Waals surface area contributed by atoms with Crippen LogP contribution in [0.5, 0.6) is 0 Å². The van der Waals surface area contributed by atoms with Crippen molar-refractivity contribution in [1.29, 1.82) is 0 Å². The van der Waals surface area contributed by atoms with Gasteiger partial charge in [-0.1, -0.05) is 29.0 Å². The molecule has 2 rings (SSSR count). The Hall–Kier alpha value is 0.0900. The fraction of sp³-hybridized carbons (Fsp3) is 0.273. The van der Waals surface area contributed by atoms with Crippen LogP contribution in [-0.2, 0) is 6.42 Å². The molecule has 0 bridgehead atoms. The smallest absolute Gasteiger partial charge is 0.143 e. The van der Waals surface area contributed by atoms with Crippen LogP contribution < -0.4 is 0 Å². The monoisotopic (exact) mass is 398 g/mol. The Kier molecular flexibility index (Phi) is 5.02. The normalized spacial score (nSPS) is 10.8. The van der Waals surface area contributed by atoms with Crippen molar-refractivity contribution in [3.8, 4) is 10.6 Å². The summed E-state index contributed by atoms with van der Waals surface area (Å²) in [6.45, 7) is 0. The molecule has 0 saturated heterocycles. The molecule has 2 nitrogen and oxygen atoms in total. The van der Waals surface area contributed by atoms with Crippen molar-refractivity contribution < 1.29 is 0 Å². The summed E-state index contributed by atoms with van der Waals surface area (Å²) >= 11 is 15.5. The number of aryl methyl sites for hydroxylation is 1. The van der Waals surface area contributed by atoms with E-state index >= 15 is 0 Å². The molecule has 6 heteroatoms. The van der Waals surface area contributed by atoms with Crippen molar-refractivity contribution in [1.82, 2.24) is 10.2 Å². The van der Waals surface area contributed by atoms with Gasteiger partial charge in [0.15, 0.2) is 0 Å². The van der Waals surface area contributed by atoms with Crippen molar-refractivity contribution in [2.75, 3.05) is 5.88 Å². The maximum atomic E-state index is 6.09. The third kappa shape index (κ3) is 3.53. The number of hydrogen-bond acceptors (Lipinski definition) is 3. The summed E-state index contributed by atoms with van der Waals surface area (Å²) in [6.07, 6.45) is 1.82. The van der Waals surface area contributed by atoms with Crippen molar-refractivity contribution >= 4 is 57.1 Å². The molecule has 0 amide bonds. The highest BCUT2D eigenvalue weighted by molar-refractivity contribution is 14.1. The van der Waals surface area contributed by atoms with Crippen molar-refractivity contribution in [3.63, 3.8) is 0 Å². The van der Waals surface area contributed by atoms with Gasteiger partial charge in [0.05, 0.1) is 5.02 Å². The third-order valence-electron chi connectivity index (χ3n) is 2.16. The number of alkyl halides is 1. The third-order valence-corrected chi connectivity index (χ3v) is 5.03. The summed E-state index contributed by atoms with van der Waals surface area (Å²) in [5.74, 6) is 0.657. The molecule has 0 unspecified atom stereocenters. The van der Waals surface area contributed by atoms with Crippen LogP contribution in [0.1, 0.15) is 11.4 Å². The Morgan fingerprint density at radius 1 is 1.29 bits per heavy atom. The zero-order valence-electron chi connectivity index (χ0n) is 8.79. The van der Waals surface area contributed by atoms with Gasteiger partial charge in [0.2, 0.25) is 0 Å². The molecule has 0 fully saturated rings. The van der Waals surface area contributed by atoms with Crippen molar-refractivity contribution in [3.05, 3.63) is 31.8 Å². The Morgan fingerprint density at radius 3 is 2.82 bits per heavy atom. The first-order valence-electron chi connectivity index (χ1n) is 5.04. The first-order valence-corrected chi connectivity index (χ1v) is 7.85. The molecule has 2 aromatic rings. The van der Waals surface area contributed by atoms with Gasteiger partial charge in [-0.05, 0) is 41.1 Å². The summed E-state index contributed by atoms with van der Waals surface area (Å²) in [6, 6.07) is 5.92. The summed E-state index contributed by atoms with van der Waals surface area (Å²) in [5, 5.41) is 11.0. The van der Waals surface area contributed by atoms with Gasteiger partial charge in [-0.3, -0.25) is 0 Å². The van der Waals surface area contributed by atoms with Crippen LogP contribution in [0.3, 0.4) is 0 Å². The molecule has 1 aromatic heterocycles. The number of benzene rings is 1. The van der Waals surface area contributed by atoms with E-state index in [1.165, 1.54) is 0 Å². The molecule has 0 aliphatic rings. The highest BCUT2D eigenvalue weighted by Crippen LogP contribution is 2.28. The van der Waals surface area contributed by atoms with E-state index < -0.39 is 0 Å². The molecular formula is C11H9Cl2IN2S. The molecule has 0 saturated carbocycles. The van der Waals surface area contributed by atoms with E-state index in [0.29, 0.717) is 5.88 Å². The largest absolute Gasteiger partial charge is 0.147 e. The lowest BCUT2D eigenvalue weighted by Crippen LogP contribution is -1.84. The van der Waals surface area contributed by atoms with Gasteiger partial charge < -0.3 is 0 Å². The Morgan fingerprint density at radius 2 is 2.12 bits per heavy atom. The molecule has 90 valence electrons. The quantitative estimate of drug-likeness (QED) is 0.554. The number of halogens is 3. The second kappa shape index (κ2) is 6.31. The van der Waals surface area contributed by atoms with Crippen LogP contribution in [0, 0.1) is 3.57 Å². The van der Waals surface area contributed by atoms with Gasteiger partial charge in [0, 0.05) is 21.4 Å². The molecule has 0 aliphatic heterocycles. The highest BCUT2D eigenvalue weighted by atomic mass is 127. The minimum Gasteiger partial charge on any atom is -0.143 e. The lowest BCUT2D eigenvalue weighted by molar-refractivity contribution is 0.884. The highest BCUT2D eigenvalue weighted by Gasteiger charge is 2.08. The summed E-state index contributed by atoms with van der Waals surface area (Å²) < 4.78 is 1.04. The lowest BCUT2D eigenvalue weighted by Gasteiger charge is -1.98. The number of rotatable bonds is 4. The number of hydrogen-bond donors (Lipinski definition) is 0. The van der Waals surface area contributed by atoms with Crippen molar-refractivity contribution in [2.24, 2.45) is 0 Å². The zero-order valence-corrected chi connectivity index (χ0v) is 13.3. The Balaban J connectivity index is 2.21. The average Bonchev–Trinajstić information content (AvgIpc) is 2.79. The maximum absolute atomic E-state index is 6.09. The Labute approximate surface area is 127 Å². The maximum Gasteiger partial charge on any atom is 0.147 e. The molecule has 0 atom stereocenters.